The van der Waals surface area contributed by atoms with Gasteiger partial charge in [0.15, 0.2) is 5.82 Å². The van der Waals surface area contributed by atoms with E-state index in [1.54, 1.807) is 0 Å². The second-order valence-corrected chi connectivity index (χ2v) is 7.14. The number of benzene rings is 2. The van der Waals surface area contributed by atoms with Crippen molar-refractivity contribution < 1.29 is 0 Å². The van der Waals surface area contributed by atoms with Crippen LogP contribution in [0.1, 0.15) is 29.7 Å². The summed E-state index contributed by atoms with van der Waals surface area (Å²) in [5, 5.41) is 9.57. The quantitative estimate of drug-likeness (QED) is 0.678. The Morgan fingerprint density at radius 1 is 1.11 bits per heavy atom. The summed E-state index contributed by atoms with van der Waals surface area (Å²) < 4.78 is 2.15. The van der Waals surface area contributed by atoms with Gasteiger partial charge in [-0.2, -0.15) is 0 Å². The van der Waals surface area contributed by atoms with Gasteiger partial charge in [0.2, 0.25) is 0 Å². The van der Waals surface area contributed by atoms with Gasteiger partial charge in [0.1, 0.15) is 12.4 Å². The lowest BCUT2D eigenvalue weighted by atomic mass is 10.0. The van der Waals surface area contributed by atoms with E-state index in [2.05, 4.69) is 45.8 Å². The SMILES string of the molecule is CCN(C)CCc1nnc2n1-c1ccc(Cl)cc1C(c1ccccc1)=NC2. The maximum atomic E-state index is 6.34. The first-order valence-corrected chi connectivity index (χ1v) is 9.57. The van der Waals surface area contributed by atoms with Crippen LogP contribution in [0, 0.1) is 0 Å². The fraction of sp³-hybridized carbons (Fsp3) is 0.286. The number of aliphatic imine (C=N–C) groups is 1. The zero-order valence-electron chi connectivity index (χ0n) is 15.6. The molecule has 0 saturated heterocycles. The van der Waals surface area contributed by atoms with Gasteiger partial charge in [-0.1, -0.05) is 48.9 Å². The molecule has 0 spiro atoms. The predicted octanol–water partition coefficient (Wildman–Crippen LogP) is 3.77. The van der Waals surface area contributed by atoms with Gasteiger partial charge in [-0.15, -0.1) is 10.2 Å². The van der Waals surface area contributed by atoms with Crippen molar-refractivity contribution in [3.63, 3.8) is 0 Å². The van der Waals surface area contributed by atoms with Crippen LogP contribution in [0.5, 0.6) is 0 Å². The number of nitrogens with zero attached hydrogens (tertiary/aromatic N) is 5. The molecule has 0 bridgehead atoms. The molecule has 1 aliphatic rings. The third-order valence-electron chi connectivity index (χ3n) is 4.93. The van der Waals surface area contributed by atoms with E-state index in [0.29, 0.717) is 11.6 Å². The number of rotatable bonds is 5. The van der Waals surface area contributed by atoms with Gasteiger partial charge in [0.05, 0.1) is 11.4 Å². The van der Waals surface area contributed by atoms with Gasteiger partial charge in [-0.25, -0.2) is 0 Å². The second-order valence-electron chi connectivity index (χ2n) is 6.71. The highest BCUT2D eigenvalue weighted by molar-refractivity contribution is 6.31. The second kappa shape index (κ2) is 7.62. The summed E-state index contributed by atoms with van der Waals surface area (Å²) in [6, 6.07) is 16.2. The zero-order valence-corrected chi connectivity index (χ0v) is 16.3. The summed E-state index contributed by atoms with van der Waals surface area (Å²) in [6.07, 6.45) is 0.833. The lowest BCUT2D eigenvalue weighted by molar-refractivity contribution is 0.354. The summed E-state index contributed by atoms with van der Waals surface area (Å²) in [4.78, 5) is 7.14. The van der Waals surface area contributed by atoms with Gasteiger partial charge < -0.3 is 4.90 Å². The molecule has 6 heteroatoms. The van der Waals surface area contributed by atoms with E-state index in [4.69, 9.17) is 16.6 Å². The minimum atomic E-state index is 0.493. The van der Waals surface area contributed by atoms with Crippen LogP contribution in [-0.4, -0.2) is 45.5 Å². The van der Waals surface area contributed by atoms with Crippen molar-refractivity contribution in [1.82, 2.24) is 19.7 Å². The molecule has 1 aliphatic heterocycles. The third-order valence-corrected chi connectivity index (χ3v) is 5.17. The molecule has 0 amide bonds. The summed E-state index contributed by atoms with van der Waals surface area (Å²) in [7, 11) is 2.12. The van der Waals surface area contributed by atoms with Crippen LogP contribution in [0.4, 0.5) is 0 Å². The first-order chi connectivity index (χ1) is 13.2. The Balaban J connectivity index is 1.82. The first-order valence-electron chi connectivity index (χ1n) is 9.19. The van der Waals surface area contributed by atoms with Crippen molar-refractivity contribution in [2.45, 2.75) is 19.9 Å². The van der Waals surface area contributed by atoms with Crippen LogP contribution in [0.2, 0.25) is 5.02 Å². The molecule has 0 unspecified atom stereocenters. The molecule has 5 nitrogen and oxygen atoms in total. The zero-order chi connectivity index (χ0) is 18.8. The van der Waals surface area contributed by atoms with E-state index in [1.165, 1.54) is 0 Å². The lowest BCUT2D eigenvalue weighted by Crippen LogP contribution is -2.22. The summed E-state index contributed by atoms with van der Waals surface area (Å²) in [5.74, 6) is 1.82. The molecule has 0 radical (unpaired) electrons. The molecule has 0 N–H and O–H groups in total. The Morgan fingerprint density at radius 2 is 1.93 bits per heavy atom. The highest BCUT2D eigenvalue weighted by Gasteiger charge is 2.23. The van der Waals surface area contributed by atoms with Gasteiger partial charge in [-0.3, -0.25) is 9.56 Å². The topological polar surface area (TPSA) is 46.3 Å². The molecular weight excluding hydrogens is 358 g/mol. The van der Waals surface area contributed by atoms with Gasteiger partial charge in [0.25, 0.3) is 0 Å². The Bertz CT molecular complexity index is 977. The Morgan fingerprint density at radius 3 is 2.70 bits per heavy atom. The molecular formula is C21H22ClN5. The Labute approximate surface area is 164 Å². The lowest BCUT2D eigenvalue weighted by Gasteiger charge is -2.16. The fourth-order valence-corrected chi connectivity index (χ4v) is 3.49. The average molecular weight is 380 g/mol. The largest absolute Gasteiger partial charge is 0.306 e. The van der Waals surface area contributed by atoms with E-state index in [9.17, 15) is 0 Å². The molecule has 2 aromatic carbocycles. The minimum absolute atomic E-state index is 0.493. The number of halogens is 1. The number of hydrogen-bond acceptors (Lipinski definition) is 4. The molecule has 0 aliphatic carbocycles. The van der Waals surface area contributed by atoms with Crippen LogP contribution >= 0.6 is 11.6 Å². The van der Waals surface area contributed by atoms with E-state index >= 15 is 0 Å². The average Bonchev–Trinajstić information content (AvgIpc) is 3.02. The van der Waals surface area contributed by atoms with Gasteiger partial charge in [-0.05, 0) is 31.8 Å². The number of hydrogen-bond donors (Lipinski definition) is 0. The smallest absolute Gasteiger partial charge is 0.159 e. The molecule has 1 aromatic heterocycles. The number of aromatic nitrogens is 3. The Kier molecular flexibility index (Phi) is 5.05. The maximum Gasteiger partial charge on any atom is 0.159 e. The molecule has 0 atom stereocenters. The van der Waals surface area contributed by atoms with E-state index < -0.39 is 0 Å². The highest BCUT2D eigenvalue weighted by atomic mass is 35.5. The summed E-state index contributed by atoms with van der Waals surface area (Å²) in [5.41, 5.74) is 4.06. The summed E-state index contributed by atoms with van der Waals surface area (Å²) >= 11 is 6.34. The molecule has 3 aromatic rings. The van der Waals surface area contributed by atoms with Crippen molar-refractivity contribution in [2.75, 3.05) is 20.1 Å². The Hall–Kier alpha value is -2.50. The highest BCUT2D eigenvalue weighted by Crippen LogP contribution is 2.28. The maximum absolute atomic E-state index is 6.34. The first kappa shape index (κ1) is 17.9. The van der Waals surface area contributed by atoms with Crippen LogP contribution in [0.3, 0.4) is 0 Å². The van der Waals surface area contributed by atoms with Crippen molar-refractivity contribution in [3.05, 3.63) is 76.3 Å². The van der Waals surface area contributed by atoms with Crippen molar-refractivity contribution in [1.29, 1.82) is 0 Å². The standard InChI is InChI=1S/C21H22ClN5/c1-3-26(2)12-11-19-24-25-20-14-23-21(15-7-5-4-6-8-15)17-13-16(22)9-10-18(17)27(19)20/h4-10,13H,3,11-12,14H2,1-2H3. The normalized spacial score (nSPS) is 13.1. The molecule has 2 heterocycles. The third kappa shape index (κ3) is 3.53. The molecule has 4 rings (SSSR count). The molecule has 0 fully saturated rings. The summed E-state index contributed by atoms with van der Waals surface area (Å²) in [6.45, 7) is 4.59. The van der Waals surface area contributed by atoms with Crippen LogP contribution in [0.15, 0.2) is 53.5 Å². The van der Waals surface area contributed by atoms with Crippen molar-refractivity contribution in [2.24, 2.45) is 4.99 Å². The van der Waals surface area contributed by atoms with Crippen molar-refractivity contribution >= 4 is 17.3 Å². The number of fused-ring (bicyclic) bond motifs is 3. The number of likely N-dealkylation sites (N-methyl/N-ethyl adjacent to an activating group) is 1. The predicted molar refractivity (Wildman–Crippen MR) is 109 cm³/mol. The van der Waals surface area contributed by atoms with Crippen LogP contribution < -0.4 is 0 Å². The van der Waals surface area contributed by atoms with E-state index in [1.807, 2.05) is 36.4 Å². The van der Waals surface area contributed by atoms with Gasteiger partial charge in [0, 0.05) is 29.1 Å². The van der Waals surface area contributed by atoms with Gasteiger partial charge >= 0.3 is 0 Å². The van der Waals surface area contributed by atoms with E-state index in [0.717, 1.165) is 53.7 Å². The van der Waals surface area contributed by atoms with Crippen LogP contribution in [-0.2, 0) is 13.0 Å². The minimum Gasteiger partial charge on any atom is -0.306 e. The van der Waals surface area contributed by atoms with E-state index in [-0.39, 0.29) is 0 Å². The molecule has 27 heavy (non-hydrogen) atoms. The monoisotopic (exact) mass is 379 g/mol. The fourth-order valence-electron chi connectivity index (χ4n) is 3.32. The van der Waals surface area contributed by atoms with Crippen molar-refractivity contribution in [3.8, 4) is 5.69 Å². The molecule has 0 saturated carbocycles. The van der Waals surface area contributed by atoms with Crippen LogP contribution in [0.25, 0.3) is 5.69 Å². The molecule has 138 valence electrons.